The van der Waals surface area contributed by atoms with Gasteiger partial charge in [0.15, 0.2) is 5.82 Å². The van der Waals surface area contributed by atoms with Gasteiger partial charge < -0.3 is 9.80 Å². The first-order valence-electron chi connectivity index (χ1n) is 7.47. The fourth-order valence-electron chi connectivity index (χ4n) is 2.77. The van der Waals surface area contributed by atoms with E-state index >= 15 is 0 Å². The maximum atomic E-state index is 12.0. The molecule has 1 aromatic carbocycles. The Labute approximate surface area is 138 Å². The number of fused-ring (bicyclic) bond motifs is 1. The summed E-state index contributed by atoms with van der Waals surface area (Å²) in [6.07, 6.45) is 0. The minimum atomic E-state index is -0.124. The summed E-state index contributed by atoms with van der Waals surface area (Å²) in [5.41, 5.74) is 2.77. The number of alkyl halides is 1. The molecule has 1 unspecified atom stereocenters. The number of carbonyl (C=O) groups is 1. The van der Waals surface area contributed by atoms with Gasteiger partial charge in [-0.05, 0) is 26.0 Å². The minimum absolute atomic E-state index is 0.124. The number of nitrogens with zero attached hydrogens (tertiary/aromatic N) is 4. The molecule has 22 heavy (non-hydrogen) atoms. The molecular weight excluding hydrogens is 344 g/mol. The number of amides is 1. The van der Waals surface area contributed by atoms with E-state index in [4.69, 9.17) is 4.98 Å². The molecular formula is C16H19BrN4O. The zero-order valence-corrected chi connectivity index (χ0v) is 14.4. The molecule has 0 N–H and O–H groups in total. The van der Waals surface area contributed by atoms with Crippen molar-refractivity contribution in [1.82, 2.24) is 14.9 Å². The first-order valence-corrected chi connectivity index (χ1v) is 8.39. The number of anilines is 1. The summed E-state index contributed by atoms with van der Waals surface area (Å²) in [7, 11) is 0. The molecule has 2 heterocycles. The van der Waals surface area contributed by atoms with Crippen LogP contribution < -0.4 is 4.90 Å². The topological polar surface area (TPSA) is 49.3 Å². The average Bonchev–Trinajstić information content (AvgIpc) is 2.53. The third kappa shape index (κ3) is 2.92. The number of carbonyl (C=O) groups excluding carboxylic acids is 1. The number of halogens is 1. The molecule has 0 bridgehead atoms. The zero-order valence-electron chi connectivity index (χ0n) is 12.8. The summed E-state index contributed by atoms with van der Waals surface area (Å²) < 4.78 is 0. The molecule has 6 heteroatoms. The number of hydrogen-bond acceptors (Lipinski definition) is 4. The maximum Gasteiger partial charge on any atom is 0.236 e. The van der Waals surface area contributed by atoms with Crippen molar-refractivity contribution in [3.05, 3.63) is 30.0 Å². The quantitative estimate of drug-likeness (QED) is 0.769. The van der Waals surface area contributed by atoms with Gasteiger partial charge >= 0.3 is 0 Å². The van der Waals surface area contributed by atoms with Gasteiger partial charge in [-0.25, -0.2) is 9.97 Å². The van der Waals surface area contributed by atoms with Crippen LogP contribution in [0, 0.1) is 6.92 Å². The van der Waals surface area contributed by atoms with Crippen molar-refractivity contribution in [3.8, 4) is 0 Å². The van der Waals surface area contributed by atoms with Crippen LogP contribution in [0.15, 0.2) is 24.3 Å². The second kappa shape index (κ2) is 6.20. The summed E-state index contributed by atoms with van der Waals surface area (Å²) in [6, 6.07) is 7.91. The van der Waals surface area contributed by atoms with Gasteiger partial charge in [0.25, 0.3) is 0 Å². The molecule has 1 aliphatic heterocycles. The van der Waals surface area contributed by atoms with Gasteiger partial charge in [-0.3, -0.25) is 4.79 Å². The predicted octanol–water partition coefficient (Wildman–Crippen LogP) is 2.37. The first-order chi connectivity index (χ1) is 10.6. The Hall–Kier alpha value is -1.69. The van der Waals surface area contributed by atoms with Crippen LogP contribution in [0.4, 0.5) is 5.82 Å². The van der Waals surface area contributed by atoms with Crippen LogP contribution in [0.3, 0.4) is 0 Å². The number of aromatic nitrogens is 2. The number of rotatable bonds is 2. The highest BCUT2D eigenvalue weighted by Crippen LogP contribution is 2.21. The molecule has 1 aliphatic rings. The van der Waals surface area contributed by atoms with Gasteiger partial charge in [0.05, 0.1) is 21.6 Å². The van der Waals surface area contributed by atoms with Crippen molar-refractivity contribution in [2.45, 2.75) is 18.7 Å². The smallest absolute Gasteiger partial charge is 0.236 e. The Kier molecular flexibility index (Phi) is 4.29. The molecule has 0 spiro atoms. The van der Waals surface area contributed by atoms with E-state index in [-0.39, 0.29) is 10.7 Å². The van der Waals surface area contributed by atoms with Crippen molar-refractivity contribution in [1.29, 1.82) is 0 Å². The van der Waals surface area contributed by atoms with Crippen LogP contribution >= 0.6 is 15.9 Å². The van der Waals surface area contributed by atoms with Crippen LogP contribution in [0.2, 0.25) is 0 Å². The number of benzene rings is 1. The molecule has 1 fully saturated rings. The standard InChI is InChI=1S/C16H19BrN4O/c1-11(17)16(22)21-9-7-20(8-10-21)15-12(2)18-13-5-3-4-6-14(13)19-15/h3-6,11H,7-10H2,1-2H3. The van der Waals surface area contributed by atoms with E-state index in [9.17, 15) is 4.79 Å². The van der Waals surface area contributed by atoms with Gasteiger partial charge in [0, 0.05) is 26.2 Å². The third-order valence-corrected chi connectivity index (χ3v) is 4.34. The summed E-state index contributed by atoms with van der Waals surface area (Å²) >= 11 is 3.35. The van der Waals surface area contributed by atoms with Crippen LogP contribution in [0.1, 0.15) is 12.6 Å². The molecule has 0 aliphatic carbocycles. The Bertz CT molecular complexity index is 696. The molecule has 0 radical (unpaired) electrons. The van der Waals surface area contributed by atoms with Crippen LogP contribution in [-0.4, -0.2) is 51.8 Å². The van der Waals surface area contributed by atoms with Gasteiger partial charge in [-0.15, -0.1) is 0 Å². The maximum absolute atomic E-state index is 12.0. The molecule has 0 saturated carbocycles. The molecule has 3 rings (SSSR count). The molecule has 1 amide bonds. The Morgan fingerprint density at radius 2 is 1.73 bits per heavy atom. The largest absolute Gasteiger partial charge is 0.352 e. The van der Waals surface area contributed by atoms with Crippen molar-refractivity contribution < 1.29 is 4.79 Å². The summed E-state index contributed by atoms with van der Waals surface area (Å²) in [6.45, 7) is 6.89. The highest BCUT2D eigenvalue weighted by Gasteiger charge is 2.25. The van der Waals surface area contributed by atoms with Gasteiger partial charge in [0.1, 0.15) is 0 Å². The number of hydrogen-bond donors (Lipinski definition) is 0. The predicted molar refractivity (Wildman–Crippen MR) is 91.5 cm³/mol. The first kappa shape index (κ1) is 15.2. The van der Waals surface area contributed by atoms with Crippen molar-refractivity contribution in [2.24, 2.45) is 0 Å². The van der Waals surface area contributed by atoms with E-state index in [0.717, 1.165) is 48.7 Å². The zero-order chi connectivity index (χ0) is 15.7. The number of para-hydroxylation sites is 2. The normalized spacial score (nSPS) is 16.9. The minimum Gasteiger partial charge on any atom is -0.352 e. The average molecular weight is 363 g/mol. The van der Waals surface area contributed by atoms with E-state index in [1.165, 1.54) is 0 Å². The van der Waals surface area contributed by atoms with E-state index in [1.54, 1.807) is 0 Å². The Balaban J connectivity index is 1.79. The van der Waals surface area contributed by atoms with Gasteiger partial charge in [0.2, 0.25) is 5.91 Å². The summed E-state index contributed by atoms with van der Waals surface area (Å²) in [5, 5.41) is 0. The highest BCUT2D eigenvalue weighted by atomic mass is 79.9. The van der Waals surface area contributed by atoms with Crippen molar-refractivity contribution >= 4 is 38.7 Å². The van der Waals surface area contributed by atoms with E-state index in [2.05, 4.69) is 25.8 Å². The molecule has 1 atom stereocenters. The molecule has 116 valence electrons. The van der Waals surface area contributed by atoms with Crippen LogP contribution in [0.25, 0.3) is 11.0 Å². The Morgan fingerprint density at radius 3 is 2.32 bits per heavy atom. The summed E-state index contributed by atoms with van der Waals surface area (Å²) in [5.74, 6) is 1.08. The second-order valence-electron chi connectivity index (χ2n) is 5.55. The lowest BCUT2D eigenvalue weighted by Gasteiger charge is -2.36. The van der Waals surface area contributed by atoms with Gasteiger partial charge in [-0.1, -0.05) is 28.1 Å². The molecule has 1 saturated heterocycles. The van der Waals surface area contributed by atoms with Crippen molar-refractivity contribution in [2.75, 3.05) is 31.1 Å². The second-order valence-corrected chi connectivity index (χ2v) is 6.92. The fraction of sp³-hybridized carbons (Fsp3) is 0.438. The van der Waals surface area contributed by atoms with Crippen LogP contribution in [0.5, 0.6) is 0 Å². The van der Waals surface area contributed by atoms with Crippen molar-refractivity contribution in [3.63, 3.8) is 0 Å². The van der Waals surface area contributed by atoms with E-state index < -0.39 is 0 Å². The lowest BCUT2D eigenvalue weighted by atomic mass is 10.2. The fourth-order valence-corrected chi connectivity index (χ4v) is 3.06. The van der Waals surface area contributed by atoms with Crippen LogP contribution in [-0.2, 0) is 4.79 Å². The monoisotopic (exact) mass is 362 g/mol. The third-order valence-electron chi connectivity index (χ3n) is 3.95. The van der Waals surface area contributed by atoms with E-state index in [0.29, 0.717) is 0 Å². The Morgan fingerprint density at radius 1 is 1.14 bits per heavy atom. The molecule has 1 aromatic heterocycles. The van der Waals surface area contributed by atoms with E-state index in [1.807, 2.05) is 43.0 Å². The molecule has 5 nitrogen and oxygen atoms in total. The molecule has 2 aromatic rings. The summed E-state index contributed by atoms with van der Waals surface area (Å²) in [4.78, 5) is 25.4. The lowest BCUT2D eigenvalue weighted by molar-refractivity contribution is -0.130. The SMILES string of the molecule is Cc1nc2ccccc2nc1N1CCN(C(=O)C(C)Br)CC1. The van der Waals surface area contributed by atoms with Gasteiger partial charge in [-0.2, -0.15) is 0 Å². The number of piperazine rings is 1. The lowest BCUT2D eigenvalue weighted by Crippen LogP contribution is -2.50. The number of aryl methyl sites for hydroxylation is 1. The highest BCUT2D eigenvalue weighted by molar-refractivity contribution is 9.10.